The van der Waals surface area contributed by atoms with Gasteiger partial charge in [-0.1, -0.05) is 29.8 Å². The van der Waals surface area contributed by atoms with E-state index in [4.69, 9.17) is 4.74 Å². The molecule has 1 heterocycles. The van der Waals surface area contributed by atoms with Gasteiger partial charge < -0.3 is 9.64 Å². The number of ether oxygens (including phenoxy) is 1. The molecule has 0 radical (unpaired) electrons. The highest BCUT2D eigenvalue weighted by Crippen LogP contribution is 2.26. The van der Waals surface area contributed by atoms with Crippen LogP contribution in [-0.4, -0.2) is 30.0 Å². The third kappa shape index (κ3) is 3.59. The first-order valence-electron chi connectivity index (χ1n) is 7.80. The van der Waals surface area contributed by atoms with E-state index < -0.39 is 0 Å². The number of rotatable bonds is 2. The zero-order valence-electron chi connectivity index (χ0n) is 13.3. The molecule has 4 heteroatoms. The monoisotopic (exact) mass is 313 g/mol. The van der Waals surface area contributed by atoms with Crippen LogP contribution < -0.4 is 0 Å². The van der Waals surface area contributed by atoms with Gasteiger partial charge in [0.2, 0.25) is 0 Å². The van der Waals surface area contributed by atoms with Crippen molar-refractivity contribution in [1.29, 1.82) is 0 Å². The van der Waals surface area contributed by atoms with Gasteiger partial charge in [0.05, 0.1) is 12.6 Å². The minimum atomic E-state index is -0.338. The Morgan fingerprint density at radius 2 is 1.74 bits per heavy atom. The molecular formula is C19H20FNO2. The summed E-state index contributed by atoms with van der Waals surface area (Å²) in [6.45, 7) is 5.05. The molecule has 2 unspecified atom stereocenters. The highest BCUT2D eigenvalue weighted by atomic mass is 19.1. The predicted molar refractivity (Wildman–Crippen MR) is 86.8 cm³/mol. The Hall–Kier alpha value is -2.20. The van der Waals surface area contributed by atoms with E-state index in [-0.39, 0.29) is 23.9 Å². The number of halogens is 1. The first-order valence-corrected chi connectivity index (χ1v) is 7.80. The van der Waals surface area contributed by atoms with Crippen molar-refractivity contribution in [1.82, 2.24) is 4.90 Å². The Bertz CT molecular complexity index is 682. The lowest BCUT2D eigenvalue weighted by molar-refractivity contribution is -0.0691. The van der Waals surface area contributed by atoms with Gasteiger partial charge in [0.15, 0.2) is 0 Å². The van der Waals surface area contributed by atoms with E-state index in [9.17, 15) is 9.18 Å². The van der Waals surface area contributed by atoms with Gasteiger partial charge in [0.1, 0.15) is 11.9 Å². The fourth-order valence-corrected chi connectivity index (χ4v) is 2.86. The lowest BCUT2D eigenvalue weighted by Gasteiger charge is -2.37. The molecule has 0 saturated carbocycles. The van der Waals surface area contributed by atoms with Gasteiger partial charge in [0.25, 0.3) is 5.91 Å². The molecule has 1 fully saturated rings. The van der Waals surface area contributed by atoms with Crippen LogP contribution in [-0.2, 0) is 4.74 Å². The zero-order valence-corrected chi connectivity index (χ0v) is 13.3. The van der Waals surface area contributed by atoms with E-state index >= 15 is 0 Å². The van der Waals surface area contributed by atoms with Crippen molar-refractivity contribution in [3.05, 3.63) is 71.0 Å². The minimum absolute atomic E-state index is 0.0422. The van der Waals surface area contributed by atoms with Crippen LogP contribution in [0.5, 0.6) is 0 Å². The van der Waals surface area contributed by atoms with Gasteiger partial charge in [-0.2, -0.15) is 0 Å². The topological polar surface area (TPSA) is 29.5 Å². The van der Waals surface area contributed by atoms with E-state index in [0.29, 0.717) is 18.7 Å². The van der Waals surface area contributed by atoms with Crippen LogP contribution >= 0.6 is 0 Å². The first kappa shape index (κ1) is 15.7. The summed E-state index contributed by atoms with van der Waals surface area (Å²) in [6, 6.07) is 13.9. The first-order chi connectivity index (χ1) is 11.0. The number of carbonyl (C=O) groups excluding carboxylic acids is 1. The summed E-state index contributed by atoms with van der Waals surface area (Å²) < 4.78 is 19.0. The van der Waals surface area contributed by atoms with Crippen LogP contribution in [0.1, 0.15) is 34.5 Å². The molecule has 1 aliphatic heterocycles. The summed E-state index contributed by atoms with van der Waals surface area (Å²) in [5.74, 6) is -0.424. The quantitative estimate of drug-likeness (QED) is 0.845. The number of amides is 1. The Labute approximate surface area is 135 Å². The molecular weight excluding hydrogens is 293 g/mol. The van der Waals surface area contributed by atoms with Crippen molar-refractivity contribution >= 4 is 5.91 Å². The molecule has 0 N–H and O–H groups in total. The highest BCUT2D eigenvalue weighted by Gasteiger charge is 2.29. The van der Waals surface area contributed by atoms with E-state index in [1.54, 1.807) is 4.90 Å². The lowest BCUT2D eigenvalue weighted by Crippen LogP contribution is -2.45. The Morgan fingerprint density at radius 1 is 1.09 bits per heavy atom. The molecule has 0 bridgehead atoms. The molecule has 23 heavy (non-hydrogen) atoms. The third-order valence-electron chi connectivity index (χ3n) is 4.09. The lowest BCUT2D eigenvalue weighted by atomic mass is 10.0. The van der Waals surface area contributed by atoms with E-state index in [2.05, 4.69) is 0 Å². The maximum atomic E-state index is 13.0. The maximum Gasteiger partial charge on any atom is 0.254 e. The smallest absolute Gasteiger partial charge is 0.254 e. The molecule has 0 aliphatic carbocycles. The summed E-state index contributed by atoms with van der Waals surface area (Å²) in [6.07, 6.45) is -0.178. The highest BCUT2D eigenvalue weighted by molar-refractivity contribution is 5.94. The van der Waals surface area contributed by atoms with Crippen LogP contribution in [0.2, 0.25) is 0 Å². The summed E-state index contributed by atoms with van der Waals surface area (Å²) in [5.41, 5.74) is 2.76. The second kappa shape index (κ2) is 6.50. The van der Waals surface area contributed by atoms with Crippen LogP contribution in [0, 0.1) is 12.7 Å². The number of hydrogen-bond donors (Lipinski definition) is 0. The molecule has 1 saturated heterocycles. The van der Waals surface area contributed by atoms with Gasteiger partial charge in [0, 0.05) is 12.1 Å². The molecule has 3 rings (SSSR count). The SMILES string of the molecule is Cc1ccc(C2CN(C(=O)c3ccc(F)cc3)CC(C)O2)cc1. The van der Waals surface area contributed by atoms with Gasteiger partial charge in [-0.25, -0.2) is 4.39 Å². The van der Waals surface area contributed by atoms with Crippen molar-refractivity contribution in [2.75, 3.05) is 13.1 Å². The van der Waals surface area contributed by atoms with Crippen molar-refractivity contribution in [3.8, 4) is 0 Å². The van der Waals surface area contributed by atoms with Crippen molar-refractivity contribution in [2.24, 2.45) is 0 Å². The minimum Gasteiger partial charge on any atom is -0.367 e. The summed E-state index contributed by atoms with van der Waals surface area (Å²) in [5, 5.41) is 0. The van der Waals surface area contributed by atoms with Crippen molar-refractivity contribution in [2.45, 2.75) is 26.1 Å². The Balaban J connectivity index is 1.78. The average Bonchev–Trinajstić information content (AvgIpc) is 2.55. The van der Waals surface area contributed by atoms with Crippen molar-refractivity contribution in [3.63, 3.8) is 0 Å². The van der Waals surface area contributed by atoms with E-state index in [1.807, 2.05) is 38.1 Å². The van der Waals surface area contributed by atoms with Crippen LogP contribution in [0.4, 0.5) is 4.39 Å². The number of aryl methyl sites for hydroxylation is 1. The van der Waals surface area contributed by atoms with Crippen LogP contribution in [0.3, 0.4) is 0 Å². The van der Waals surface area contributed by atoms with Gasteiger partial charge in [-0.05, 0) is 43.7 Å². The summed E-state index contributed by atoms with van der Waals surface area (Å²) in [7, 11) is 0. The maximum absolute atomic E-state index is 13.0. The number of nitrogens with zero attached hydrogens (tertiary/aromatic N) is 1. The molecule has 0 spiro atoms. The summed E-state index contributed by atoms with van der Waals surface area (Å²) >= 11 is 0. The summed E-state index contributed by atoms with van der Waals surface area (Å²) in [4.78, 5) is 14.4. The fourth-order valence-electron chi connectivity index (χ4n) is 2.86. The van der Waals surface area contributed by atoms with Crippen molar-refractivity contribution < 1.29 is 13.9 Å². The normalized spacial score (nSPS) is 21.3. The Morgan fingerprint density at radius 3 is 2.39 bits per heavy atom. The molecule has 2 atom stereocenters. The van der Waals surface area contributed by atoms with E-state index in [1.165, 1.54) is 29.8 Å². The standard InChI is InChI=1S/C19H20FNO2/c1-13-3-5-15(6-4-13)18-12-21(11-14(2)23-18)19(22)16-7-9-17(20)10-8-16/h3-10,14,18H,11-12H2,1-2H3. The molecule has 1 amide bonds. The average molecular weight is 313 g/mol. The number of morpholine rings is 1. The van der Waals surface area contributed by atoms with Gasteiger partial charge in [-0.15, -0.1) is 0 Å². The molecule has 1 aliphatic rings. The molecule has 2 aromatic rings. The fraction of sp³-hybridized carbons (Fsp3) is 0.316. The van der Waals surface area contributed by atoms with Crippen LogP contribution in [0.25, 0.3) is 0 Å². The molecule has 0 aromatic heterocycles. The number of benzene rings is 2. The predicted octanol–water partition coefficient (Wildman–Crippen LogP) is 3.74. The largest absolute Gasteiger partial charge is 0.367 e. The molecule has 120 valence electrons. The van der Waals surface area contributed by atoms with Crippen LogP contribution in [0.15, 0.2) is 48.5 Å². The molecule has 3 nitrogen and oxygen atoms in total. The number of carbonyl (C=O) groups is 1. The van der Waals surface area contributed by atoms with Gasteiger partial charge >= 0.3 is 0 Å². The van der Waals surface area contributed by atoms with Gasteiger partial charge in [-0.3, -0.25) is 4.79 Å². The molecule has 2 aromatic carbocycles. The number of hydrogen-bond acceptors (Lipinski definition) is 2. The Kier molecular flexibility index (Phi) is 4.44. The zero-order chi connectivity index (χ0) is 16.4. The second-order valence-corrected chi connectivity index (χ2v) is 6.06. The second-order valence-electron chi connectivity index (χ2n) is 6.06. The van der Waals surface area contributed by atoms with E-state index in [0.717, 1.165) is 5.56 Å². The third-order valence-corrected chi connectivity index (χ3v) is 4.09.